The second-order valence-corrected chi connectivity index (χ2v) is 5.25. The Hall–Kier alpha value is -1.55. The maximum atomic E-state index is 11.4. The van der Waals surface area contributed by atoms with Gasteiger partial charge in [0.05, 0.1) is 16.6 Å². The topological polar surface area (TPSA) is 57.6 Å². The van der Waals surface area contributed by atoms with Crippen LogP contribution in [-0.2, 0) is 4.79 Å². The molecule has 1 aromatic carbocycles. The molecule has 4 nitrogen and oxygen atoms in total. The molecule has 1 saturated heterocycles. The third-order valence-electron chi connectivity index (χ3n) is 3.46. The van der Waals surface area contributed by atoms with Crippen molar-refractivity contribution in [2.45, 2.75) is 19.8 Å². The van der Waals surface area contributed by atoms with Gasteiger partial charge in [-0.05, 0) is 38.0 Å². The summed E-state index contributed by atoms with van der Waals surface area (Å²) in [7, 11) is 0. The summed E-state index contributed by atoms with van der Waals surface area (Å²) in [5.41, 5.74) is 1.34. The lowest BCUT2D eigenvalue weighted by Crippen LogP contribution is -2.38. The number of halogens is 1. The highest BCUT2D eigenvalue weighted by Gasteiger charge is 2.26. The van der Waals surface area contributed by atoms with Gasteiger partial charge in [-0.3, -0.25) is 9.59 Å². The van der Waals surface area contributed by atoms with Crippen molar-refractivity contribution in [3.05, 3.63) is 28.8 Å². The summed E-state index contributed by atoms with van der Waals surface area (Å²) in [6, 6.07) is 5.12. The van der Waals surface area contributed by atoms with Crippen molar-refractivity contribution in [3.63, 3.8) is 0 Å². The summed E-state index contributed by atoms with van der Waals surface area (Å²) in [6.45, 7) is 2.71. The quantitative estimate of drug-likeness (QED) is 0.866. The van der Waals surface area contributed by atoms with Gasteiger partial charge in [-0.2, -0.15) is 0 Å². The van der Waals surface area contributed by atoms with E-state index in [0.717, 1.165) is 18.7 Å². The van der Waals surface area contributed by atoms with Crippen LogP contribution in [0.25, 0.3) is 0 Å². The number of carbonyl (C=O) groups is 2. The molecule has 1 aliphatic rings. The van der Waals surface area contributed by atoms with E-state index in [9.17, 15) is 9.59 Å². The molecule has 5 heteroatoms. The standard InChI is InChI=1S/C14H16ClNO3/c1-9(17)10-4-5-12(15)13(7-10)16-6-2-3-11(8-16)14(18)19/h4-5,7,11H,2-3,6,8H2,1H3,(H,18,19). The van der Waals surface area contributed by atoms with Crippen molar-refractivity contribution >= 4 is 29.0 Å². The number of hydrogen-bond acceptors (Lipinski definition) is 3. The first-order valence-electron chi connectivity index (χ1n) is 6.27. The van der Waals surface area contributed by atoms with Crippen molar-refractivity contribution in [1.82, 2.24) is 0 Å². The molecule has 1 atom stereocenters. The zero-order valence-electron chi connectivity index (χ0n) is 10.7. The lowest BCUT2D eigenvalue weighted by atomic mass is 9.97. The smallest absolute Gasteiger partial charge is 0.308 e. The van der Waals surface area contributed by atoms with Gasteiger partial charge in [-0.1, -0.05) is 11.6 Å². The molecule has 2 rings (SSSR count). The molecule has 0 aromatic heterocycles. The number of anilines is 1. The fourth-order valence-corrected chi connectivity index (χ4v) is 2.61. The van der Waals surface area contributed by atoms with Gasteiger partial charge >= 0.3 is 5.97 Å². The number of carboxylic acids is 1. The molecule has 0 radical (unpaired) electrons. The lowest BCUT2D eigenvalue weighted by Gasteiger charge is -2.33. The maximum Gasteiger partial charge on any atom is 0.308 e. The molecule has 1 fully saturated rings. The van der Waals surface area contributed by atoms with Gasteiger partial charge in [0.15, 0.2) is 5.78 Å². The lowest BCUT2D eigenvalue weighted by molar-refractivity contribution is -0.141. The minimum Gasteiger partial charge on any atom is -0.481 e. The van der Waals surface area contributed by atoms with E-state index < -0.39 is 5.97 Å². The van der Waals surface area contributed by atoms with Crippen LogP contribution in [0.4, 0.5) is 5.69 Å². The highest BCUT2D eigenvalue weighted by Crippen LogP contribution is 2.31. The zero-order chi connectivity index (χ0) is 14.0. The Morgan fingerprint density at radius 1 is 1.42 bits per heavy atom. The monoisotopic (exact) mass is 281 g/mol. The number of Topliss-reactive ketones (excluding diaryl/α,β-unsaturated/α-hetero) is 1. The van der Waals surface area contributed by atoms with Gasteiger partial charge in [-0.15, -0.1) is 0 Å². The predicted octanol–water partition coefficient (Wildman–Crippen LogP) is 2.84. The molecule has 1 N–H and O–H groups in total. The molecule has 1 aromatic rings. The van der Waals surface area contributed by atoms with Gasteiger partial charge in [0.2, 0.25) is 0 Å². The van der Waals surface area contributed by atoms with Crippen LogP contribution < -0.4 is 4.90 Å². The first kappa shape index (κ1) is 13.9. The minimum absolute atomic E-state index is 0.0234. The van der Waals surface area contributed by atoms with E-state index in [0.29, 0.717) is 23.6 Å². The Balaban J connectivity index is 2.27. The number of ketones is 1. The van der Waals surface area contributed by atoms with E-state index in [2.05, 4.69) is 0 Å². The third-order valence-corrected chi connectivity index (χ3v) is 3.78. The summed E-state index contributed by atoms with van der Waals surface area (Å²) < 4.78 is 0. The van der Waals surface area contributed by atoms with Gasteiger partial charge in [0.25, 0.3) is 0 Å². The van der Waals surface area contributed by atoms with Gasteiger partial charge in [0.1, 0.15) is 0 Å². The number of rotatable bonds is 3. The molecule has 1 heterocycles. The zero-order valence-corrected chi connectivity index (χ0v) is 11.5. The summed E-state index contributed by atoms with van der Waals surface area (Å²) in [5.74, 6) is -1.17. The number of carboxylic acid groups (broad SMARTS) is 1. The first-order valence-corrected chi connectivity index (χ1v) is 6.65. The Bertz CT molecular complexity index is 515. The Morgan fingerprint density at radius 3 is 2.79 bits per heavy atom. The van der Waals surface area contributed by atoms with Gasteiger partial charge < -0.3 is 10.0 Å². The summed E-state index contributed by atoms with van der Waals surface area (Å²) in [4.78, 5) is 24.4. The van der Waals surface area contributed by atoms with Crippen molar-refractivity contribution in [2.24, 2.45) is 5.92 Å². The highest BCUT2D eigenvalue weighted by molar-refractivity contribution is 6.33. The Kier molecular flexibility index (Phi) is 4.10. The van der Waals surface area contributed by atoms with Crippen LogP contribution >= 0.6 is 11.6 Å². The number of carbonyl (C=O) groups excluding carboxylic acids is 1. The third kappa shape index (κ3) is 3.07. The molecular formula is C14H16ClNO3. The Morgan fingerprint density at radius 2 is 2.16 bits per heavy atom. The van der Waals surface area contributed by atoms with E-state index in [1.165, 1.54) is 6.92 Å². The number of piperidine rings is 1. The predicted molar refractivity (Wildman–Crippen MR) is 74.0 cm³/mol. The van der Waals surface area contributed by atoms with Crippen LogP contribution in [0.5, 0.6) is 0 Å². The first-order chi connectivity index (χ1) is 8.99. The van der Waals surface area contributed by atoms with E-state index in [1.807, 2.05) is 4.90 Å². The average molecular weight is 282 g/mol. The van der Waals surface area contributed by atoms with Crippen LogP contribution in [0.3, 0.4) is 0 Å². The fourth-order valence-electron chi connectivity index (χ4n) is 2.37. The molecule has 0 bridgehead atoms. The van der Waals surface area contributed by atoms with E-state index in [4.69, 9.17) is 16.7 Å². The van der Waals surface area contributed by atoms with E-state index in [1.54, 1.807) is 18.2 Å². The maximum absolute atomic E-state index is 11.4. The van der Waals surface area contributed by atoms with E-state index >= 15 is 0 Å². The van der Waals surface area contributed by atoms with Crippen molar-refractivity contribution < 1.29 is 14.7 Å². The van der Waals surface area contributed by atoms with E-state index in [-0.39, 0.29) is 11.7 Å². The van der Waals surface area contributed by atoms with Crippen molar-refractivity contribution in [2.75, 3.05) is 18.0 Å². The second-order valence-electron chi connectivity index (χ2n) is 4.85. The molecule has 0 saturated carbocycles. The Labute approximate surface area is 117 Å². The highest BCUT2D eigenvalue weighted by atomic mass is 35.5. The fraction of sp³-hybridized carbons (Fsp3) is 0.429. The molecule has 0 aliphatic carbocycles. The summed E-state index contributed by atoms with van der Waals surface area (Å²) >= 11 is 6.16. The average Bonchev–Trinajstić information content (AvgIpc) is 2.39. The number of aliphatic carboxylic acids is 1. The molecule has 102 valence electrons. The molecule has 0 amide bonds. The van der Waals surface area contributed by atoms with Crippen LogP contribution in [0, 0.1) is 5.92 Å². The minimum atomic E-state index is -0.774. The van der Waals surface area contributed by atoms with Crippen LogP contribution in [0.15, 0.2) is 18.2 Å². The molecule has 1 unspecified atom stereocenters. The van der Waals surface area contributed by atoms with Gasteiger partial charge in [-0.25, -0.2) is 0 Å². The number of hydrogen-bond donors (Lipinski definition) is 1. The number of nitrogens with zero attached hydrogens (tertiary/aromatic N) is 1. The largest absolute Gasteiger partial charge is 0.481 e. The summed E-state index contributed by atoms with van der Waals surface area (Å²) in [6.07, 6.45) is 1.51. The SMILES string of the molecule is CC(=O)c1ccc(Cl)c(N2CCCC(C(=O)O)C2)c1. The van der Waals surface area contributed by atoms with Crippen LogP contribution in [-0.4, -0.2) is 29.9 Å². The molecule has 1 aliphatic heterocycles. The molecular weight excluding hydrogens is 266 g/mol. The normalized spacial score (nSPS) is 19.3. The van der Waals surface area contributed by atoms with Crippen LogP contribution in [0.2, 0.25) is 5.02 Å². The number of benzene rings is 1. The second kappa shape index (κ2) is 5.61. The van der Waals surface area contributed by atoms with Crippen molar-refractivity contribution in [3.8, 4) is 0 Å². The summed E-state index contributed by atoms with van der Waals surface area (Å²) in [5, 5.41) is 9.65. The van der Waals surface area contributed by atoms with Crippen LogP contribution in [0.1, 0.15) is 30.1 Å². The molecule has 19 heavy (non-hydrogen) atoms. The molecule has 0 spiro atoms. The van der Waals surface area contributed by atoms with Gasteiger partial charge in [0, 0.05) is 18.7 Å². The van der Waals surface area contributed by atoms with Crippen molar-refractivity contribution in [1.29, 1.82) is 0 Å².